The smallest absolute Gasteiger partial charge is 0.0995 e. The summed E-state index contributed by atoms with van der Waals surface area (Å²) >= 11 is 0. The first-order valence-electron chi connectivity index (χ1n) is 10.8. The van der Waals surface area contributed by atoms with Gasteiger partial charge < -0.3 is 10.2 Å². The molecule has 0 spiro atoms. The number of nitrogens with one attached hydrogen (secondary N) is 1. The monoisotopic (exact) mass is 405 g/mol. The Bertz CT molecular complexity index is 866. The molecular weight excluding hydrogens is 370 g/mol. The highest BCUT2D eigenvalue weighted by Gasteiger charge is 2.19. The van der Waals surface area contributed by atoms with Crippen molar-refractivity contribution >= 4 is 11.4 Å². The second-order valence-electron chi connectivity index (χ2n) is 9.46. The van der Waals surface area contributed by atoms with Gasteiger partial charge in [-0.2, -0.15) is 5.26 Å². The Morgan fingerprint density at radius 1 is 1.00 bits per heavy atom. The van der Waals surface area contributed by atoms with Crippen molar-refractivity contribution in [1.29, 1.82) is 5.26 Å². The van der Waals surface area contributed by atoms with Crippen LogP contribution in [0.4, 0.5) is 11.4 Å². The van der Waals surface area contributed by atoms with E-state index in [1.807, 2.05) is 26.2 Å². The summed E-state index contributed by atoms with van der Waals surface area (Å²) in [6.07, 6.45) is 0. The van der Waals surface area contributed by atoms with Crippen LogP contribution in [-0.2, 0) is 12.0 Å². The normalized spacial score (nSPS) is 15.3. The average Bonchev–Trinajstić information content (AvgIpc) is 2.72. The lowest BCUT2D eigenvalue weighted by Crippen LogP contribution is -2.46. The molecule has 30 heavy (non-hydrogen) atoms. The van der Waals surface area contributed by atoms with Gasteiger partial charge in [-0.25, -0.2) is 0 Å². The number of nitriles is 1. The minimum absolute atomic E-state index is 0.186. The minimum Gasteiger partial charge on any atom is -0.372 e. The van der Waals surface area contributed by atoms with E-state index in [1.165, 1.54) is 11.3 Å². The first-order chi connectivity index (χ1) is 14.3. The molecule has 0 radical (unpaired) electrons. The fourth-order valence-corrected chi connectivity index (χ4v) is 3.77. The Morgan fingerprint density at radius 3 is 2.23 bits per heavy atom. The molecule has 1 fully saturated rings. The predicted octanol–water partition coefficient (Wildman–Crippen LogP) is 4.11. The summed E-state index contributed by atoms with van der Waals surface area (Å²) < 4.78 is 0. The number of nitrogens with zero attached hydrogens (tertiary/aromatic N) is 4. The second kappa shape index (κ2) is 9.51. The van der Waals surface area contributed by atoms with Crippen molar-refractivity contribution in [3.05, 3.63) is 59.2 Å². The maximum absolute atomic E-state index is 9.52. The molecule has 1 aliphatic rings. The molecule has 0 aliphatic carbocycles. The molecule has 5 nitrogen and oxygen atoms in total. The molecule has 0 unspecified atom stereocenters. The van der Waals surface area contributed by atoms with Gasteiger partial charge in [-0.1, -0.05) is 32.9 Å². The van der Waals surface area contributed by atoms with E-state index < -0.39 is 0 Å². The molecule has 2 aromatic rings. The lowest BCUT2D eigenvalue weighted by atomic mass is 9.87. The molecule has 160 valence electrons. The summed E-state index contributed by atoms with van der Waals surface area (Å²) in [6.45, 7) is 12.4. The lowest BCUT2D eigenvalue weighted by Gasteiger charge is -2.36. The Kier molecular flexibility index (Phi) is 7.02. The standard InChI is InChI=1S/C25H35N5/c1-25(2,3)22-7-10-24(11-8-22)30-14-12-29(13-15-30)18-21-16-23(27-19-28(4)5)9-6-20(21)17-26/h6-11,16,27H,12-15,18-19H2,1-5H3. The van der Waals surface area contributed by atoms with Crippen molar-refractivity contribution in [3.8, 4) is 6.07 Å². The molecule has 0 saturated carbocycles. The number of hydrogen-bond acceptors (Lipinski definition) is 5. The molecule has 1 saturated heterocycles. The van der Waals surface area contributed by atoms with E-state index in [2.05, 4.69) is 77.2 Å². The van der Waals surface area contributed by atoms with Crippen LogP contribution in [0.5, 0.6) is 0 Å². The highest BCUT2D eigenvalue weighted by Crippen LogP contribution is 2.26. The average molecular weight is 406 g/mol. The van der Waals surface area contributed by atoms with E-state index in [1.54, 1.807) is 0 Å². The zero-order valence-corrected chi connectivity index (χ0v) is 19.1. The lowest BCUT2D eigenvalue weighted by molar-refractivity contribution is 0.249. The van der Waals surface area contributed by atoms with Crippen LogP contribution in [0.1, 0.15) is 37.5 Å². The predicted molar refractivity (Wildman–Crippen MR) is 126 cm³/mol. The number of anilines is 2. The maximum Gasteiger partial charge on any atom is 0.0995 e. The van der Waals surface area contributed by atoms with Crippen LogP contribution in [0.15, 0.2) is 42.5 Å². The van der Waals surface area contributed by atoms with Gasteiger partial charge in [0.25, 0.3) is 0 Å². The zero-order chi connectivity index (χ0) is 21.7. The summed E-state index contributed by atoms with van der Waals surface area (Å²) in [5, 5.41) is 12.9. The number of hydrogen-bond donors (Lipinski definition) is 1. The largest absolute Gasteiger partial charge is 0.372 e. The molecule has 1 N–H and O–H groups in total. The van der Waals surface area contributed by atoms with Crippen LogP contribution >= 0.6 is 0 Å². The first-order valence-corrected chi connectivity index (χ1v) is 10.8. The van der Waals surface area contributed by atoms with Crippen molar-refractivity contribution in [1.82, 2.24) is 9.80 Å². The van der Waals surface area contributed by atoms with Gasteiger partial charge in [-0.15, -0.1) is 0 Å². The van der Waals surface area contributed by atoms with E-state index in [-0.39, 0.29) is 5.41 Å². The molecule has 0 bridgehead atoms. The highest BCUT2D eigenvalue weighted by atomic mass is 15.3. The van der Waals surface area contributed by atoms with Crippen LogP contribution in [0, 0.1) is 11.3 Å². The molecule has 3 rings (SSSR count). The SMILES string of the molecule is CN(C)CNc1ccc(C#N)c(CN2CCN(c3ccc(C(C)(C)C)cc3)CC2)c1. The van der Waals surface area contributed by atoms with Crippen LogP contribution < -0.4 is 10.2 Å². The van der Waals surface area contributed by atoms with Gasteiger partial charge in [0.15, 0.2) is 0 Å². The van der Waals surface area contributed by atoms with Crippen LogP contribution in [0.3, 0.4) is 0 Å². The number of benzene rings is 2. The van der Waals surface area contributed by atoms with Crippen molar-refractivity contribution in [2.75, 3.05) is 57.2 Å². The third kappa shape index (κ3) is 5.75. The van der Waals surface area contributed by atoms with Crippen molar-refractivity contribution in [2.24, 2.45) is 0 Å². The van der Waals surface area contributed by atoms with Crippen LogP contribution in [-0.4, -0.2) is 56.7 Å². The van der Waals surface area contributed by atoms with Gasteiger partial charge in [0.05, 0.1) is 18.3 Å². The van der Waals surface area contributed by atoms with Gasteiger partial charge in [-0.3, -0.25) is 9.80 Å². The molecular formula is C25H35N5. The van der Waals surface area contributed by atoms with E-state index in [0.717, 1.165) is 56.2 Å². The summed E-state index contributed by atoms with van der Waals surface area (Å²) in [4.78, 5) is 7.00. The quantitative estimate of drug-likeness (QED) is 0.733. The summed E-state index contributed by atoms with van der Waals surface area (Å²) in [5.41, 5.74) is 5.79. The van der Waals surface area contributed by atoms with Crippen molar-refractivity contribution < 1.29 is 0 Å². The third-order valence-corrected chi connectivity index (χ3v) is 5.69. The Hall–Kier alpha value is -2.55. The Labute approximate surface area is 181 Å². The van der Waals surface area contributed by atoms with Gasteiger partial charge in [0.1, 0.15) is 0 Å². The van der Waals surface area contributed by atoms with Gasteiger partial charge in [-0.05, 0) is 61.0 Å². The summed E-state index contributed by atoms with van der Waals surface area (Å²) in [7, 11) is 4.07. The summed E-state index contributed by atoms with van der Waals surface area (Å²) in [5.74, 6) is 0. The van der Waals surface area contributed by atoms with Gasteiger partial charge in [0.2, 0.25) is 0 Å². The first kappa shape index (κ1) is 22.1. The van der Waals surface area contributed by atoms with Crippen LogP contribution in [0.2, 0.25) is 0 Å². The molecule has 2 aromatic carbocycles. The fourth-order valence-electron chi connectivity index (χ4n) is 3.77. The Balaban J connectivity index is 1.60. The van der Waals surface area contributed by atoms with E-state index >= 15 is 0 Å². The van der Waals surface area contributed by atoms with Crippen molar-refractivity contribution in [2.45, 2.75) is 32.7 Å². The van der Waals surface area contributed by atoms with Gasteiger partial charge in [0, 0.05) is 44.1 Å². The summed E-state index contributed by atoms with van der Waals surface area (Å²) in [6, 6.07) is 17.4. The topological polar surface area (TPSA) is 45.5 Å². The minimum atomic E-state index is 0.186. The number of rotatable bonds is 6. The highest BCUT2D eigenvalue weighted by molar-refractivity contribution is 5.52. The molecule has 0 atom stereocenters. The van der Waals surface area contributed by atoms with E-state index in [4.69, 9.17) is 0 Å². The fraction of sp³-hybridized carbons (Fsp3) is 0.480. The molecule has 1 aliphatic heterocycles. The Morgan fingerprint density at radius 2 is 1.67 bits per heavy atom. The molecule has 1 heterocycles. The van der Waals surface area contributed by atoms with Gasteiger partial charge >= 0.3 is 0 Å². The third-order valence-electron chi connectivity index (χ3n) is 5.69. The molecule has 0 amide bonds. The van der Waals surface area contributed by atoms with E-state index in [0.29, 0.717) is 0 Å². The number of piperazine rings is 1. The molecule has 5 heteroatoms. The van der Waals surface area contributed by atoms with E-state index in [9.17, 15) is 5.26 Å². The second-order valence-corrected chi connectivity index (χ2v) is 9.46. The molecule has 0 aromatic heterocycles. The maximum atomic E-state index is 9.52. The van der Waals surface area contributed by atoms with Crippen LogP contribution in [0.25, 0.3) is 0 Å². The zero-order valence-electron chi connectivity index (χ0n) is 19.1. The van der Waals surface area contributed by atoms with Crippen molar-refractivity contribution in [3.63, 3.8) is 0 Å².